The van der Waals surface area contributed by atoms with Crippen molar-refractivity contribution in [1.29, 1.82) is 5.26 Å². The Morgan fingerprint density at radius 2 is 2.25 bits per heavy atom. The summed E-state index contributed by atoms with van der Waals surface area (Å²) in [7, 11) is 0. The van der Waals surface area contributed by atoms with Crippen LogP contribution in [0.2, 0.25) is 0 Å². The molecule has 0 amide bonds. The van der Waals surface area contributed by atoms with E-state index in [4.69, 9.17) is 14.5 Å². The summed E-state index contributed by atoms with van der Waals surface area (Å²) in [5, 5.41) is 12.7. The molecule has 0 spiro atoms. The van der Waals surface area contributed by atoms with Gasteiger partial charge in [-0.05, 0) is 20.3 Å². The van der Waals surface area contributed by atoms with Gasteiger partial charge in [-0.2, -0.15) is 10.2 Å². The van der Waals surface area contributed by atoms with Crippen LogP contribution in [0.25, 0.3) is 0 Å². The summed E-state index contributed by atoms with van der Waals surface area (Å²) in [4.78, 5) is 6.79. The van der Waals surface area contributed by atoms with E-state index in [9.17, 15) is 0 Å². The van der Waals surface area contributed by atoms with Crippen LogP contribution in [0.3, 0.4) is 0 Å². The average Bonchev–Trinajstić information content (AvgIpc) is 2.94. The third-order valence-electron chi connectivity index (χ3n) is 3.68. The highest BCUT2D eigenvalue weighted by Gasteiger charge is 2.28. The first-order valence-corrected chi connectivity index (χ1v) is 7.18. The lowest BCUT2D eigenvalue weighted by atomic mass is 10.1. The first kappa shape index (κ1) is 14.9. The molecule has 0 aliphatic carbocycles. The van der Waals surface area contributed by atoms with Crippen LogP contribution in [0, 0.1) is 11.3 Å². The lowest BCUT2D eigenvalue weighted by Gasteiger charge is -2.34. The maximum atomic E-state index is 8.61. The number of nitriles is 1. The quantitative estimate of drug-likeness (QED) is 0.822. The Morgan fingerprint density at radius 3 is 2.95 bits per heavy atom. The zero-order chi connectivity index (χ0) is 14.5. The van der Waals surface area contributed by atoms with E-state index >= 15 is 0 Å². The minimum Gasteiger partial charge on any atom is -0.367 e. The maximum Gasteiger partial charge on any atom is 0.229 e. The molecule has 0 N–H and O–H groups in total. The Hall–Kier alpha value is -1.45. The third-order valence-corrected chi connectivity index (χ3v) is 3.68. The zero-order valence-corrected chi connectivity index (χ0v) is 12.4. The molecule has 0 aromatic carbocycles. The predicted molar refractivity (Wildman–Crippen MR) is 73.0 cm³/mol. The SMILES string of the molecule is CC(CCC#N)c1nc(C2CN(C(C)C)CCO2)no1. The molecule has 0 bridgehead atoms. The Morgan fingerprint density at radius 1 is 1.45 bits per heavy atom. The van der Waals surface area contributed by atoms with Crippen LogP contribution in [-0.4, -0.2) is 40.8 Å². The number of hydrogen-bond donors (Lipinski definition) is 0. The summed E-state index contributed by atoms with van der Waals surface area (Å²) >= 11 is 0. The van der Waals surface area contributed by atoms with Crippen molar-refractivity contribution in [3.05, 3.63) is 11.7 Å². The second kappa shape index (κ2) is 6.82. The van der Waals surface area contributed by atoms with E-state index < -0.39 is 0 Å². The van der Waals surface area contributed by atoms with E-state index in [0.29, 0.717) is 30.8 Å². The van der Waals surface area contributed by atoms with Gasteiger partial charge in [0, 0.05) is 31.5 Å². The van der Waals surface area contributed by atoms with Crippen molar-refractivity contribution in [3.8, 4) is 6.07 Å². The van der Waals surface area contributed by atoms with E-state index in [1.807, 2.05) is 6.92 Å². The van der Waals surface area contributed by atoms with Gasteiger partial charge in [0.05, 0.1) is 12.7 Å². The summed E-state index contributed by atoms with van der Waals surface area (Å²) in [6, 6.07) is 2.62. The van der Waals surface area contributed by atoms with Crippen molar-refractivity contribution in [2.75, 3.05) is 19.7 Å². The lowest BCUT2D eigenvalue weighted by Crippen LogP contribution is -2.42. The lowest BCUT2D eigenvalue weighted by molar-refractivity contribution is -0.0450. The average molecular weight is 278 g/mol. The molecule has 2 unspecified atom stereocenters. The van der Waals surface area contributed by atoms with Gasteiger partial charge in [0.15, 0.2) is 0 Å². The van der Waals surface area contributed by atoms with Crippen LogP contribution in [0.1, 0.15) is 57.3 Å². The number of rotatable bonds is 5. The number of ether oxygens (including phenoxy) is 1. The third kappa shape index (κ3) is 3.56. The molecule has 1 fully saturated rings. The van der Waals surface area contributed by atoms with E-state index in [2.05, 4.69) is 35.0 Å². The molecular weight excluding hydrogens is 256 g/mol. The highest BCUT2D eigenvalue weighted by Crippen LogP contribution is 2.24. The minimum absolute atomic E-state index is 0.112. The molecule has 6 heteroatoms. The fraction of sp³-hybridized carbons (Fsp3) is 0.786. The molecule has 6 nitrogen and oxygen atoms in total. The zero-order valence-electron chi connectivity index (χ0n) is 12.4. The Kier molecular flexibility index (Phi) is 5.10. The molecule has 0 saturated carbocycles. The van der Waals surface area contributed by atoms with Gasteiger partial charge in [0.25, 0.3) is 0 Å². The minimum atomic E-state index is -0.119. The Balaban J connectivity index is 1.99. The summed E-state index contributed by atoms with van der Waals surface area (Å²) in [6.45, 7) is 8.77. The molecule has 1 aromatic rings. The van der Waals surface area contributed by atoms with Crippen LogP contribution in [0.5, 0.6) is 0 Å². The van der Waals surface area contributed by atoms with Gasteiger partial charge in [-0.3, -0.25) is 4.90 Å². The normalized spacial score (nSPS) is 21.9. The van der Waals surface area contributed by atoms with Gasteiger partial charge < -0.3 is 9.26 Å². The van der Waals surface area contributed by atoms with Gasteiger partial charge in [-0.15, -0.1) is 0 Å². The molecule has 0 radical (unpaired) electrons. The number of hydrogen-bond acceptors (Lipinski definition) is 6. The maximum absolute atomic E-state index is 8.61. The first-order chi connectivity index (χ1) is 9.61. The highest BCUT2D eigenvalue weighted by atomic mass is 16.5. The topological polar surface area (TPSA) is 75.2 Å². The second-order valence-corrected chi connectivity index (χ2v) is 5.54. The summed E-state index contributed by atoms with van der Waals surface area (Å²) in [6.07, 6.45) is 1.12. The number of aromatic nitrogens is 2. The van der Waals surface area contributed by atoms with Crippen LogP contribution in [-0.2, 0) is 4.74 Å². The summed E-state index contributed by atoms with van der Waals surface area (Å²) in [5.41, 5.74) is 0. The molecule has 1 aliphatic heterocycles. The summed E-state index contributed by atoms with van der Waals surface area (Å²) in [5.74, 6) is 1.33. The largest absolute Gasteiger partial charge is 0.367 e. The van der Waals surface area contributed by atoms with Crippen LogP contribution in [0.4, 0.5) is 0 Å². The van der Waals surface area contributed by atoms with Crippen molar-refractivity contribution in [2.24, 2.45) is 0 Å². The van der Waals surface area contributed by atoms with E-state index in [-0.39, 0.29) is 12.0 Å². The van der Waals surface area contributed by atoms with E-state index in [1.165, 1.54) is 0 Å². The van der Waals surface area contributed by atoms with Crippen molar-refractivity contribution >= 4 is 0 Å². The highest BCUT2D eigenvalue weighted by molar-refractivity contribution is 4.98. The molecule has 1 aliphatic rings. The number of morpholine rings is 1. The van der Waals surface area contributed by atoms with Gasteiger partial charge in [-0.1, -0.05) is 12.1 Å². The smallest absolute Gasteiger partial charge is 0.229 e. The van der Waals surface area contributed by atoms with E-state index in [0.717, 1.165) is 19.5 Å². The van der Waals surface area contributed by atoms with Crippen LogP contribution < -0.4 is 0 Å². The Bertz CT molecular complexity index is 466. The molecule has 2 atom stereocenters. The van der Waals surface area contributed by atoms with Crippen LogP contribution in [0.15, 0.2) is 4.52 Å². The predicted octanol–water partition coefficient (Wildman–Crippen LogP) is 2.26. The number of nitrogens with zero attached hydrogens (tertiary/aromatic N) is 4. The fourth-order valence-corrected chi connectivity index (χ4v) is 2.28. The van der Waals surface area contributed by atoms with Crippen molar-refractivity contribution in [3.63, 3.8) is 0 Å². The van der Waals surface area contributed by atoms with Crippen molar-refractivity contribution in [2.45, 2.75) is 51.7 Å². The van der Waals surface area contributed by atoms with Gasteiger partial charge in [-0.25, -0.2) is 0 Å². The van der Waals surface area contributed by atoms with Crippen molar-refractivity contribution in [1.82, 2.24) is 15.0 Å². The molecule has 1 saturated heterocycles. The van der Waals surface area contributed by atoms with Crippen molar-refractivity contribution < 1.29 is 9.26 Å². The van der Waals surface area contributed by atoms with Gasteiger partial charge in [0.2, 0.25) is 11.7 Å². The molecule has 1 aromatic heterocycles. The molecule has 2 heterocycles. The van der Waals surface area contributed by atoms with Gasteiger partial charge in [0.1, 0.15) is 6.10 Å². The first-order valence-electron chi connectivity index (χ1n) is 7.18. The molecule has 110 valence electrons. The standard InChI is InChI=1S/C14H22N4O2/c1-10(2)18-7-8-19-12(9-18)13-16-14(20-17-13)11(3)5-4-6-15/h10-12H,4-5,7-9H2,1-3H3. The molecule has 20 heavy (non-hydrogen) atoms. The van der Waals surface area contributed by atoms with Gasteiger partial charge >= 0.3 is 0 Å². The monoisotopic (exact) mass is 278 g/mol. The fourth-order valence-electron chi connectivity index (χ4n) is 2.28. The summed E-state index contributed by atoms with van der Waals surface area (Å²) < 4.78 is 11.0. The van der Waals surface area contributed by atoms with E-state index in [1.54, 1.807) is 0 Å². The molecule has 2 rings (SSSR count). The second-order valence-electron chi connectivity index (χ2n) is 5.54. The van der Waals surface area contributed by atoms with Crippen LogP contribution >= 0.6 is 0 Å². The molecular formula is C14H22N4O2. The Labute approximate surface area is 119 Å².